The molecule has 0 saturated carbocycles. The van der Waals surface area contributed by atoms with Gasteiger partial charge in [-0.05, 0) is 48.9 Å². The van der Waals surface area contributed by atoms with Crippen molar-refractivity contribution >= 4 is 27.6 Å². The van der Waals surface area contributed by atoms with Crippen molar-refractivity contribution in [1.82, 2.24) is 0 Å². The number of nitrogens with zero attached hydrogens (tertiary/aromatic N) is 2. The number of hydrogen-bond acceptors (Lipinski definition) is 1. The van der Waals surface area contributed by atoms with Crippen LogP contribution in [0.2, 0.25) is 0 Å². The second-order valence-corrected chi connectivity index (χ2v) is 8.03. The van der Waals surface area contributed by atoms with Gasteiger partial charge in [0, 0.05) is 22.9 Å². The zero-order valence-electron chi connectivity index (χ0n) is 17.1. The molecule has 0 radical (unpaired) electrons. The molecule has 0 saturated heterocycles. The molecule has 3 heteroatoms. The van der Waals surface area contributed by atoms with E-state index in [9.17, 15) is 0 Å². The Morgan fingerprint density at radius 2 is 1.89 bits per heavy atom. The van der Waals surface area contributed by atoms with E-state index in [4.69, 9.17) is 11.0 Å². The Bertz CT molecular complexity index is 1260. The molecule has 28 heavy (non-hydrogen) atoms. The third-order valence-electron chi connectivity index (χ3n) is 5.47. The van der Waals surface area contributed by atoms with E-state index in [1.807, 2.05) is 19.1 Å². The molecular formula is C25H25N2O+. The minimum atomic E-state index is 0.551. The highest BCUT2D eigenvalue weighted by molar-refractivity contribution is 6.13. The van der Waals surface area contributed by atoms with E-state index in [-0.39, 0.29) is 0 Å². The molecule has 0 spiro atoms. The summed E-state index contributed by atoms with van der Waals surface area (Å²) in [5, 5.41) is 2.29. The molecule has 0 aliphatic heterocycles. The lowest BCUT2D eigenvalue weighted by Gasteiger charge is -2.12. The van der Waals surface area contributed by atoms with Crippen LogP contribution in [-0.4, -0.2) is 0 Å². The highest BCUT2D eigenvalue weighted by Crippen LogP contribution is 2.42. The lowest BCUT2D eigenvalue weighted by atomic mass is 9.91. The maximum atomic E-state index is 7.45. The molecule has 2 heterocycles. The van der Waals surface area contributed by atoms with Crippen LogP contribution < -0.4 is 4.57 Å². The Morgan fingerprint density at radius 3 is 2.57 bits per heavy atom. The first-order valence-electron chi connectivity index (χ1n) is 9.73. The van der Waals surface area contributed by atoms with Crippen LogP contribution >= 0.6 is 0 Å². The van der Waals surface area contributed by atoms with Crippen LogP contribution in [0.15, 0.2) is 47.0 Å². The summed E-state index contributed by atoms with van der Waals surface area (Å²) in [7, 11) is 2.06. The third kappa shape index (κ3) is 2.77. The summed E-state index contributed by atoms with van der Waals surface area (Å²) in [6, 6.07) is 12.5. The predicted molar refractivity (Wildman–Crippen MR) is 115 cm³/mol. The van der Waals surface area contributed by atoms with Gasteiger partial charge in [-0.1, -0.05) is 32.0 Å². The highest BCUT2D eigenvalue weighted by Gasteiger charge is 2.24. The molecule has 3 nitrogen and oxygen atoms in total. The average molecular weight is 369 g/mol. The maximum Gasteiger partial charge on any atom is 0.216 e. The van der Waals surface area contributed by atoms with Crippen molar-refractivity contribution in [2.45, 2.75) is 34.1 Å². The SMILES string of the molecule is [C-]#[N+]c1ccc2c(oc3c(-c4cccc[n+]4C)c(C)cc(CC(C)C)c32)c1C. The summed E-state index contributed by atoms with van der Waals surface area (Å²) < 4.78 is 8.65. The fourth-order valence-electron chi connectivity index (χ4n) is 4.19. The number of hydrogen-bond donors (Lipinski definition) is 0. The number of benzene rings is 2. The first-order chi connectivity index (χ1) is 13.4. The lowest BCUT2D eigenvalue weighted by molar-refractivity contribution is -0.660. The molecule has 2 aromatic carbocycles. The van der Waals surface area contributed by atoms with Crippen molar-refractivity contribution in [2.24, 2.45) is 13.0 Å². The zero-order chi connectivity index (χ0) is 20.0. The molecular weight excluding hydrogens is 344 g/mol. The first kappa shape index (κ1) is 18.3. The molecule has 0 fully saturated rings. The monoisotopic (exact) mass is 369 g/mol. The van der Waals surface area contributed by atoms with Crippen molar-refractivity contribution in [1.29, 1.82) is 0 Å². The van der Waals surface area contributed by atoms with Gasteiger partial charge in [0.05, 0.1) is 12.1 Å². The normalized spacial score (nSPS) is 11.5. The number of aromatic nitrogens is 1. The summed E-state index contributed by atoms with van der Waals surface area (Å²) in [5.74, 6) is 0.551. The van der Waals surface area contributed by atoms with E-state index in [1.54, 1.807) is 0 Å². The molecule has 0 bridgehead atoms. The molecule has 4 aromatic rings. The van der Waals surface area contributed by atoms with Gasteiger partial charge in [-0.25, -0.2) is 9.41 Å². The van der Waals surface area contributed by atoms with Gasteiger partial charge >= 0.3 is 0 Å². The first-order valence-corrected chi connectivity index (χ1v) is 9.73. The summed E-state index contributed by atoms with van der Waals surface area (Å²) >= 11 is 0. The van der Waals surface area contributed by atoms with Crippen LogP contribution in [0.4, 0.5) is 5.69 Å². The number of pyridine rings is 1. The number of furan rings is 1. The van der Waals surface area contributed by atoms with Gasteiger partial charge in [0.2, 0.25) is 5.69 Å². The molecule has 2 aromatic heterocycles. The van der Waals surface area contributed by atoms with Crippen LogP contribution in [0.1, 0.15) is 30.5 Å². The van der Waals surface area contributed by atoms with Gasteiger partial charge in [-0.3, -0.25) is 0 Å². The standard InChI is InChI=1S/C25H25N2O/c1-15(2)13-18-14-16(3)22(21-9-7-8-12-27(21)6)25-23(18)19-10-11-20(26-5)17(4)24(19)28-25/h7-12,14-15H,13H2,1-4,6H3/q+1. The molecule has 0 aliphatic carbocycles. The van der Waals surface area contributed by atoms with Gasteiger partial charge in [0.1, 0.15) is 18.2 Å². The van der Waals surface area contributed by atoms with Crippen molar-refractivity contribution in [3.05, 3.63) is 70.7 Å². The van der Waals surface area contributed by atoms with E-state index in [0.29, 0.717) is 11.6 Å². The van der Waals surface area contributed by atoms with Crippen LogP contribution in [0.25, 0.3) is 38.0 Å². The Kier molecular flexibility index (Phi) is 4.43. The molecule has 0 amide bonds. The quantitative estimate of drug-likeness (QED) is 0.301. The second-order valence-electron chi connectivity index (χ2n) is 8.03. The maximum absolute atomic E-state index is 7.45. The van der Waals surface area contributed by atoms with E-state index in [2.05, 4.69) is 67.7 Å². The minimum absolute atomic E-state index is 0.551. The summed E-state index contributed by atoms with van der Waals surface area (Å²) in [4.78, 5) is 3.66. The van der Waals surface area contributed by atoms with E-state index in [0.717, 1.165) is 39.8 Å². The van der Waals surface area contributed by atoms with Crippen molar-refractivity contribution in [3.8, 4) is 11.3 Å². The van der Waals surface area contributed by atoms with Gasteiger partial charge in [-0.2, -0.15) is 0 Å². The molecule has 0 unspecified atom stereocenters. The lowest BCUT2D eigenvalue weighted by Crippen LogP contribution is -2.30. The number of rotatable bonds is 3. The second kappa shape index (κ2) is 6.80. The molecule has 0 N–H and O–H groups in total. The fourth-order valence-corrected chi connectivity index (χ4v) is 4.19. The smallest absolute Gasteiger partial charge is 0.216 e. The van der Waals surface area contributed by atoms with Crippen LogP contribution in [0.3, 0.4) is 0 Å². The fraction of sp³-hybridized carbons (Fsp3) is 0.280. The Hall–Kier alpha value is -3.12. The number of aryl methyl sites for hydroxylation is 3. The van der Waals surface area contributed by atoms with Gasteiger partial charge in [0.15, 0.2) is 11.9 Å². The van der Waals surface area contributed by atoms with Crippen molar-refractivity contribution < 1.29 is 8.98 Å². The Balaban J connectivity index is 2.19. The van der Waals surface area contributed by atoms with Crippen LogP contribution in [0.5, 0.6) is 0 Å². The van der Waals surface area contributed by atoms with E-state index in [1.165, 1.54) is 16.5 Å². The number of fused-ring (bicyclic) bond motifs is 3. The van der Waals surface area contributed by atoms with Gasteiger partial charge in [0.25, 0.3) is 0 Å². The average Bonchev–Trinajstić information content (AvgIpc) is 3.03. The summed E-state index contributed by atoms with van der Waals surface area (Å²) in [5.41, 5.74) is 8.12. The molecule has 140 valence electrons. The van der Waals surface area contributed by atoms with E-state index >= 15 is 0 Å². The van der Waals surface area contributed by atoms with Crippen molar-refractivity contribution in [2.75, 3.05) is 0 Å². The van der Waals surface area contributed by atoms with Crippen molar-refractivity contribution in [3.63, 3.8) is 0 Å². The van der Waals surface area contributed by atoms with E-state index < -0.39 is 0 Å². The summed E-state index contributed by atoms with van der Waals surface area (Å²) in [6.07, 6.45) is 3.06. The zero-order valence-corrected chi connectivity index (χ0v) is 17.1. The minimum Gasteiger partial charge on any atom is -0.456 e. The topological polar surface area (TPSA) is 21.4 Å². The Morgan fingerprint density at radius 1 is 1.11 bits per heavy atom. The Labute approximate surface area is 166 Å². The van der Waals surface area contributed by atoms with Gasteiger partial charge < -0.3 is 4.42 Å². The highest BCUT2D eigenvalue weighted by atomic mass is 16.3. The third-order valence-corrected chi connectivity index (χ3v) is 5.47. The predicted octanol–water partition coefficient (Wildman–Crippen LogP) is 6.44. The molecule has 0 aliphatic rings. The molecule has 0 atom stereocenters. The largest absolute Gasteiger partial charge is 0.456 e. The summed E-state index contributed by atoms with van der Waals surface area (Å²) in [6.45, 7) is 16.1. The molecule has 4 rings (SSSR count). The van der Waals surface area contributed by atoms with Crippen LogP contribution in [0, 0.1) is 26.3 Å². The van der Waals surface area contributed by atoms with Gasteiger partial charge in [-0.15, -0.1) is 0 Å². The van der Waals surface area contributed by atoms with Crippen LogP contribution in [-0.2, 0) is 13.5 Å².